The molecule has 1 aliphatic rings. The Labute approximate surface area is 181 Å². The van der Waals surface area contributed by atoms with Crippen LogP contribution >= 0.6 is 12.2 Å². The molecule has 2 aromatic carbocycles. The van der Waals surface area contributed by atoms with Gasteiger partial charge in [-0.05, 0) is 61.2 Å². The van der Waals surface area contributed by atoms with Gasteiger partial charge in [0.2, 0.25) is 0 Å². The minimum atomic E-state index is -0.483. The quantitative estimate of drug-likeness (QED) is 0.404. The summed E-state index contributed by atoms with van der Waals surface area (Å²) in [6, 6.07) is 12.3. The van der Waals surface area contributed by atoms with Gasteiger partial charge in [0.25, 0.3) is 11.6 Å². The zero-order valence-corrected chi connectivity index (χ0v) is 18.0. The first-order valence-electron chi connectivity index (χ1n) is 10.1. The Morgan fingerprint density at radius 2 is 1.83 bits per heavy atom. The van der Waals surface area contributed by atoms with Crippen LogP contribution in [-0.2, 0) is 0 Å². The number of thiocarbonyl (C=S) groups is 1. The van der Waals surface area contributed by atoms with Gasteiger partial charge < -0.3 is 10.2 Å². The molecule has 0 aliphatic carbocycles. The first kappa shape index (κ1) is 21.7. The maximum Gasteiger partial charge on any atom is 0.293 e. The SMILES string of the molecule is CC(C)c1ccccc1NC(=S)NC(=O)c1ccc(N2CCCCC2)c([N+](=O)[O-])c1. The predicted octanol–water partition coefficient (Wildman–Crippen LogP) is 4.84. The highest BCUT2D eigenvalue weighted by Gasteiger charge is 2.23. The molecule has 158 valence electrons. The summed E-state index contributed by atoms with van der Waals surface area (Å²) in [4.78, 5) is 25.8. The number of carbonyl (C=O) groups excluding carboxylic acids is 1. The zero-order chi connectivity index (χ0) is 21.7. The van der Waals surface area contributed by atoms with Gasteiger partial charge in [0.15, 0.2) is 5.11 Å². The normalized spacial score (nSPS) is 13.8. The summed E-state index contributed by atoms with van der Waals surface area (Å²) in [5.74, 6) is -0.194. The number of benzene rings is 2. The number of para-hydroxylation sites is 1. The van der Waals surface area contributed by atoms with Crippen molar-refractivity contribution in [1.82, 2.24) is 5.32 Å². The van der Waals surface area contributed by atoms with Crippen LogP contribution in [0.15, 0.2) is 42.5 Å². The highest BCUT2D eigenvalue weighted by molar-refractivity contribution is 7.80. The zero-order valence-electron chi connectivity index (χ0n) is 17.2. The fraction of sp³-hybridized carbons (Fsp3) is 0.364. The van der Waals surface area contributed by atoms with E-state index in [1.165, 1.54) is 6.07 Å². The highest BCUT2D eigenvalue weighted by Crippen LogP contribution is 2.31. The summed E-state index contributed by atoms with van der Waals surface area (Å²) in [6.45, 7) is 5.72. The Morgan fingerprint density at radius 3 is 2.50 bits per heavy atom. The van der Waals surface area contributed by atoms with Gasteiger partial charge in [0, 0.05) is 30.4 Å². The molecule has 0 bridgehead atoms. The van der Waals surface area contributed by atoms with E-state index in [9.17, 15) is 14.9 Å². The summed E-state index contributed by atoms with van der Waals surface area (Å²) in [5, 5.41) is 17.4. The molecule has 2 aromatic rings. The molecule has 1 aliphatic heterocycles. The topological polar surface area (TPSA) is 87.5 Å². The van der Waals surface area contributed by atoms with E-state index >= 15 is 0 Å². The van der Waals surface area contributed by atoms with E-state index in [1.54, 1.807) is 12.1 Å². The van der Waals surface area contributed by atoms with Gasteiger partial charge in [-0.2, -0.15) is 0 Å². The molecule has 0 radical (unpaired) electrons. The molecule has 8 heteroatoms. The van der Waals surface area contributed by atoms with Crippen LogP contribution in [0.25, 0.3) is 0 Å². The average molecular weight is 427 g/mol. The van der Waals surface area contributed by atoms with Crippen LogP contribution in [0.5, 0.6) is 0 Å². The van der Waals surface area contributed by atoms with Gasteiger partial charge in [-0.25, -0.2) is 0 Å². The molecule has 1 amide bonds. The van der Waals surface area contributed by atoms with Crippen LogP contribution in [0.3, 0.4) is 0 Å². The first-order valence-corrected chi connectivity index (χ1v) is 10.5. The van der Waals surface area contributed by atoms with Crippen LogP contribution in [0.2, 0.25) is 0 Å². The molecule has 30 heavy (non-hydrogen) atoms. The molecule has 0 atom stereocenters. The van der Waals surface area contributed by atoms with Crippen molar-refractivity contribution in [3.63, 3.8) is 0 Å². The van der Waals surface area contributed by atoms with Crippen molar-refractivity contribution in [3.05, 3.63) is 63.7 Å². The highest BCUT2D eigenvalue weighted by atomic mass is 32.1. The molecule has 2 N–H and O–H groups in total. The average Bonchev–Trinajstić information content (AvgIpc) is 2.74. The fourth-order valence-electron chi connectivity index (χ4n) is 3.66. The van der Waals surface area contributed by atoms with E-state index in [1.807, 2.05) is 29.2 Å². The van der Waals surface area contributed by atoms with Crippen molar-refractivity contribution in [1.29, 1.82) is 0 Å². The second kappa shape index (κ2) is 9.67. The number of nitrogens with one attached hydrogen (secondary N) is 2. The monoisotopic (exact) mass is 426 g/mol. The minimum absolute atomic E-state index is 0.0615. The number of piperidine rings is 1. The second-order valence-corrected chi connectivity index (χ2v) is 8.07. The standard InChI is InChI=1S/C22H26N4O3S/c1-15(2)17-8-4-5-9-18(17)23-22(30)24-21(27)16-10-11-19(20(14-16)26(28)29)25-12-6-3-7-13-25/h4-5,8-11,14-15H,3,6-7,12-13H2,1-2H3,(H2,23,24,27,30). The van der Waals surface area contributed by atoms with Crippen molar-refractivity contribution in [2.45, 2.75) is 39.0 Å². The Balaban J connectivity index is 1.74. The largest absolute Gasteiger partial charge is 0.366 e. The van der Waals surface area contributed by atoms with E-state index < -0.39 is 10.8 Å². The molecule has 1 heterocycles. The number of nitro benzene ring substituents is 1. The van der Waals surface area contributed by atoms with Crippen LogP contribution < -0.4 is 15.5 Å². The van der Waals surface area contributed by atoms with Crippen molar-refractivity contribution in [2.24, 2.45) is 0 Å². The minimum Gasteiger partial charge on any atom is -0.366 e. The van der Waals surface area contributed by atoms with Crippen LogP contribution in [0.1, 0.15) is 54.9 Å². The van der Waals surface area contributed by atoms with E-state index in [0.717, 1.165) is 43.6 Å². The number of hydrogen-bond donors (Lipinski definition) is 2. The summed E-state index contributed by atoms with van der Waals surface area (Å²) in [6.07, 6.45) is 3.16. The van der Waals surface area contributed by atoms with Crippen molar-refractivity contribution in [3.8, 4) is 0 Å². The fourth-order valence-corrected chi connectivity index (χ4v) is 3.86. The lowest BCUT2D eigenvalue weighted by atomic mass is 10.0. The Hall–Kier alpha value is -3.00. The number of carbonyl (C=O) groups is 1. The van der Waals surface area contributed by atoms with Crippen molar-refractivity contribution in [2.75, 3.05) is 23.3 Å². The number of anilines is 2. The van der Waals surface area contributed by atoms with Gasteiger partial charge in [0.05, 0.1) is 4.92 Å². The molecular formula is C22H26N4O3S. The van der Waals surface area contributed by atoms with E-state index in [-0.39, 0.29) is 22.3 Å². The van der Waals surface area contributed by atoms with Crippen LogP contribution in [-0.4, -0.2) is 29.0 Å². The second-order valence-electron chi connectivity index (χ2n) is 7.66. The maximum atomic E-state index is 12.7. The van der Waals surface area contributed by atoms with E-state index in [0.29, 0.717) is 5.69 Å². The molecule has 3 rings (SSSR count). The van der Waals surface area contributed by atoms with Crippen LogP contribution in [0, 0.1) is 10.1 Å². The third-order valence-electron chi connectivity index (χ3n) is 5.19. The van der Waals surface area contributed by atoms with Gasteiger partial charge >= 0.3 is 0 Å². The first-order chi connectivity index (χ1) is 14.4. The Bertz CT molecular complexity index is 955. The lowest BCUT2D eigenvalue weighted by molar-refractivity contribution is -0.384. The number of nitrogens with zero attached hydrogens (tertiary/aromatic N) is 2. The summed E-state index contributed by atoms with van der Waals surface area (Å²) in [7, 11) is 0. The molecule has 0 spiro atoms. The van der Waals surface area contributed by atoms with E-state index in [4.69, 9.17) is 12.2 Å². The summed E-state index contributed by atoms with van der Waals surface area (Å²) >= 11 is 5.29. The van der Waals surface area contributed by atoms with Gasteiger partial charge in [-0.3, -0.25) is 20.2 Å². The molecule has 0 saturated carbocycles. The lowest BCUT2D eigenvalue weighted by Crippen LogP contribution is -2.34. The third-order valence-corrected chi connectivity index (χ3v) is 5.39. The summed E-state index contributed by atoms with van der Waals surface area (Å²) in [5.41, 5.74) is 2.60. The van der Waals surface area contributed by atoms with Crippen molar-refractivity contribution < 1.29 is 9.72 Å². The number of amides is 1. The Morgan fingerprint density at radius 1 is 1.13 bits per heavy atom. The lowest BCUT2D eigenvalue weighted by Gasteiger charge is -2.28. The van der Waals surface area contributed by atoms with Gasteiger partial charge in [0.1, 0.15) is 5.69 Å². The molecular weight excluding hydrogens is 400 g/mol. The third kappa shape index (κ3) is 5.13. The molecule has 7 nitrogen and oxygen atoms in total. The molecule has 1 fully saturated rings. The van der Waals surface area contributed by atoms with Crippen LogP contribution in [0.4, 0.5) is 17.1 Å². The van der Waals surface area contributed by atoms with Gasteiger partial charge in [-0.15, -0.1) is 0 Å². The number of hydrogen-bond acceptors (Lipinski definition) is 5. The van der Waals surface area contributed by atoms with E-state index in [2.05, 4.69) is 24.5 Å². The maximum absolute atomic E-state index is 12.7. The predicted molar refractivity (Wildman–Crippen MR) is 123 cm³/mol. The smallest absolute Gasteiger partial charge is 0.293 e. The molecule has 0 unspecified atom stereocenters. The van der Waals surface area contributed by atoms with Crippen molar-refractivity contribution >= 4 is 40.3 Å². The van der Waals surface area contributed by atoms with Gasteiger partial charge in [-0.1, -0.05) is 32.0 Å². The number of rotatable bonds is 5. The molecule has 0 aromatic heterocycles. The number of nitro groups is 1. The Kier molecular flexibility index (Phi) is 6.99. The summed E-state index contributed by atoms with van der Waals surface area (Å²) < 4.78 is 0. The molecule has 1 saturated heterocycles.